The fraction of sp³-hybridized carbons (Fsp3) is 0.800. The Labute approximate surface area is 202 Å². The monoisotopic (exact) mass is 452 g/mol. The second-order valence-electron chi connectivity index (χ2n) is 13.1. The molecule has 33 heavy (non-hydrogen) atoms. The molecule has 0 amide bonds. The van der Waals surface area contributed by atoms with Gasteiger partial charge in [0.2, 0.25) is 0 Å². The number of aliphatic hydroxyl groups excluding tert-OH is 1. The van der Waals surface area contributed by atoms with Crippen LogP contribution in [0.15, 0.2) is 34.9 Å². The molecule has 1 aliphatic heterocycles. The van der Waals surface area contributed by atoms with Gasteiger partial charge in [-0.1, -0.05) is 50.1 Å². The van der Waals surface area contributed by atoms with Gasteiger partial charge in [-0.15, -0.1) is 0 Å². The molecule has 3 N–H and O–H groups in total. The Hall–Kier alpha value is -0.900. The maximum atomic E-state index is 10.9. The Kier molecular flexibility index (Phi) is 6.24. The van der Waals surface area contributed by atoms with Crippen LogP contribution >= 0.6 is 0 Å². The number of nitrogens with two attached hydrogens (primary N) is 1. The zero-order chi connectivity index (χ0) is 23.5. The summed E-state index contributed by atoms with van der Waals surface area (Å²) in [6, 6.07) is -0.0290. The molecule has 3 heteroatoms. The first kappa shape index (κ1) is 23.8. The number of hydrogen-bond acceptors (Lipinski definition) is 3. The normalized spacial score (nSPS) is 47.2. The van der Waals surface area contributed by atoms with Gasteiger partial charge < -0.3 is 15.7 Å². The van der Waals surface area contributed by atoms with Gasteiger partial charge in [0, 0.05) is 19.1 Å². The molecular formula is C30H48N2O. The molecule has 3 fully saturated rings. The van der Waals surface area contributed by atoms with Gasteiger partial charge in [-0.3, -0.25) is 0 Å². The minimum absolute atomic E-state index is 0.0290. The zero-order valence-electron chi connectivity index (χ0n) is 21.8. The van der Waals surface area contributed by atoms with Crippen molar-refractivity contribution in [1.29, 1.82) is 0 Å². The summed E-state index contributed by atoms with van der Waals surface area (Å²) in [6.45, 7) is 12.2. The third kappa shape index (κ3) is 3.81. The van der Waals surface area contributed by atoms with Crippen LogP contribution < -0.4 is 5.73 Å². The van der Waals surface area contributed by atoms with E-state index in [1.54, 1.807) is 16.7 Å². The van der Waals surface area contributed by atoms with Crippen LogP contribution in [0.1, 0.15) is 79.1 Å². The van der Waals surface area contributed by atoms with Crippen LogP contribution in [0.25, 0.3) is 0 Å². The first-order valence-electron chi connectivity index (χ1n) is 13.8. The fourth-order valence-electron chi connectivity index (χ4n) is 9.26. The Morgan fingerprint density at radius 1 is 1.12 bits per heavy atom. The van der Waals surface area contributed by atoms with Gasteiger partial charge in [0.05, 0.1) is 6.10 Å². The summed E-state index contributed by atoms with van der Waals surface area (Å²) in [4.78, 5) is 2.43. The highest BCUT2D eigenvalue weighted by Crippen LogP contribution is 2.66. The number of rotatable bonds is 3. The second kappa shape index (κ2) is 8.64. The Balaban J connectivity index is 1.35. The van der Waals surface area contributed by atoms with Crippen molar-refractivity contribution >= 4 is 0 Å². The first-order chi connectivity index (χ1) is 15.6. The average Bonchev–Trinajstić information content (AvgIpc) is 3.13. The van der Waals surface area contributed by atoms with E-state index < -0.39 is 0 Å². The van der Waals surface area contributed by atoms with Crippen molar-refractivity contribution in [3.63, 3.8) is 0 Å². The molecule has 4 aliphatic carbocycles. The van der Waals surface area contributed by atoms with Crippen molar-refractivity contribution in [1.82, 2.24) is 4.90 Å². The molecule has 5 aliphatic rings. The van der Waals surface area contributed by atoms with Crippen LogP contribution in [0, 0.1) is 40.4 Å². The average molecular weight is 453 g/mol. The Morgan fingerprint density at radius 3 is 2.61 bits per heavy atom. The second-order valence-corrected chi connectivity index (χ2v) is 13.1. The van der Waals surface area contributed by atoms with E-state index in [9.17, 15) is 5.11 Å². The van der Waals surface area contributed by atoms with Gasteiger partial charge in [-0.25, -0.2) is 0 Å². The molecule has 3 unspecified atom stereocenters. The van der Waals surface area contributed by atoms with Gasteiger partial charge in [0.15, 0.2) is 0 Å². The smallest absolute Gasteiger partial charge is 0.0727 e. The number of nitrogens with zero attached hydrogens (tertiary/aromatic N) is 1. The lowest BCUT2D eigenvalue weighted by Crippen LogP contribution is -2.57. The molecule has 0 saturated heterocycles. The third-order valence-electron chi connectivity index (χ3n) is 11.4. The quantitative estimate of drug-likeness (QED) is 0.539. The lowest BCUT2D eigenvalue weighted by atomic mass is 9.47. The predicted octanol–water partition coefficient (Wildman–Crippen LogP) is 5.71. The van der Waals surface area contributed by atoms with Crippen LogP contribution in [0.2, 0.25) is 0 Å². The summed E-state index contributed by atoms with van der Waals surface area (Å²) in [5.41, 5.74) is 11.8. The van der Waals surface area contributed by atoms with E-state index in [1.165, 1.54) is 45.1 Å². The van der Waals surface area contributed by atoms with E-state index >= 15 is 0 Å². The molecule has 0 aromatic carbocycles. The maximum absolute atomic E-state index is 10.9. The number of aliphatic hydroxyl groups is 1. The highest BCUT2D eigenvalue weighted by molar-refractivity contribution is 5.30. The molecule has 0 bridgehead atoms. The summed E-state index contributed by atoms with van der Waals surface area (Å²) >= 11 is 0. The van der Waals surface area contributed by atoms with Crippen molar-refractivity contribution < 1.29 is 5.11 Å². The predicted molar refractivity (Wildman–Crippen MR) is 138 cm³/mol. The highest BCUT2D eigenvalue weighted by atomic mass is 16.3. The van der Waals surface area contributed by atoms with Crippen LogP contribution in [0.5, 0.6) is 0 Å². The van der Waals surface area contributed by atoms with E-state index in [1.807, 2.05) is 0 Å². The highest BCUT2D eigenvalue weighted by Gasteiger charge is 2.59. The van der Waals surface area contributed by atoms with Crippen molar-refractivity contribution in [2.45, 2.75) is 91.2 Å². The SMILES string of the molecule is CC1=C(/C=C/[C@@H](C)[C@H]2CCC3C4=CCC5[C@H](O)[C@H](N)CC[C@]5(C)C4CC[C@@]32C)CCN(C)C1. The molecule has 184 valence electrons. The van der Waals surface area contributed by atoms with Crippen molar-refractivity contribution in [2.75, 3.05) is 20.1 Å². The molecule has 0 aromatic rings. The molecular weight excluding hydrogens is 404 g/mol. The molecule has 0 spiro atoms. The number of likely N-dealkylation sites (N-methyl/N-ethyl adjacent to an activating group) is 1. The van der Waals surface area contributed by atoms with Gasteiger partial charge in [-0.2, -0.15) is 0 Å². The molecule has 3 nitrogen and oxygen atoms in total. The van der Waals surface area contributed by atoms with Gasteiger partial charge in [0.25, 0.3) is 0 Å². The number of allylic oxidation sites excluding steroid dienone is 4. The Bertz CT molecular complexity index is 857. The largest absolute Gasteiger partial charge is 0.391 e. The zero-order valence-corrected chi connectivity index (χ0v) is 21.8. The lowest BCUT2D eigenvalue weighted by molar-refractivity contribution is -0.0765. The summed E-state index contributed by atoms with van der Waals surface area (Å²) in [7, 11) is 2.23. The summed E-state index contributed by atoms with van der Waals surface area (Å²) in [5.74, 6) is 3.17. The van der Waals surface area contributed by atoms with Gasteiger partial charge in [-0.05, 0) is 111 Å². The maximum Gasteiger partial charge on any atom is 0.0727 e. The summed E-state index contributed by atoms with van der Waals surface area (Å²) in [6.07, 6.45) is 17.1. The minimum atomic E-state index is -0.325. The molecule has 3 saturated carbocycles. The third-order valence-corrected chi connectivity index (χ3v) is 11.4. The van der Waals surface area contributed by atoms with E-state index in [0.29, 0.717) is 23.2 Å². The molecule has 0 radical (unpaired) electrons. The lowest BCUT2D eigenvalue weighted by Gasteiger charge is -2.59. The number of fused-ring (bicyclic) bond motifs is 5. The topological polar surface area (TPSA) is 49.5 Å². The van der Waals surface area contributed by atoms with E-state index in [2.05, 4.69) is 57.9 Å². The summed E-state index contributed by atoms with van der Waals surface area (Å²) < 4.78 is 0. The van der Waals surface area contributed by atoms with Crippen LogP contribution in [0.4, 0.5) is 0 Å². The molecule has 9 atom stereocenters. The van der Waals surface area contributed by atoms with E-state index in [4.69, 9.17) is 5.73 Å². The van der Waals surface area contributed by atoms with E-state index in [0.717, 1.165) is 31.2 Å². The van der Waals surface area contributed by atoms with Crippen molar-refractivity contribution in [3.05, 3.63) is 34.9 Å². The van der Waals surface area contributed by atoms with Gasteiger partial charge >= 0.3 is 0 Å². The first-order valence-corrected chi connectivity index (χ1v) is 13.8. The Morgan fingerprint density at radius 2 is 1.85 bits per heavy atom. The van der Waals surface area contributed by atoms with Crippen molar-refractivity contribution in [3.8, 4) is 0 Å². The minimum Gasteiger partial charge on any atom is -0.391 e. The van der Waals surface area contributed by atoms with Gasteiger partial charge in [0.1, 0.15) is 0 Å². The standard InChI is InChI=1S/C30H48N2O/c1-19(6-7-21-14-17-32(5)18-20(21)2)23-10-11-24-22-8-9-26-28(33)27(31)13-16-30(26,4)25(22)12-15-29(23,24)3/h6-8,19,23-28,33H,9-18,31H2,1-5H3/b7-6+/t19-,23-,24?,25?,26?,27-,28+,29-,30-/m1/s1. The number of hydrogen-bond donors (Lipinski definition) is 2. The summed E-state index contributed by atoms with van der Waals surface area (Å²) in [5, 5.41) is 10.9. The molecule has 1 heterocycles. The molecule has 0 aromatic heterocycles. The fourth-order valence-corrected chi connectivity index (χ4v) is 9.26. The molecule has 5 rings (SSSR count). The van der Waals surface area contributed by atoms with Crippen LogP contribution in [-0.2, 0) is 0 Å². The van der Waals surface area contributed by atoms with Crippen LogP contribution in [0.3, 0.4) is 0 Å². The van der Waals surface area contributed by atoms with Crippen molar-refractivity contribution in [2.24, 2.45) is 46.2 Å². The van der Waals surface area contributed by atoms with Crippen LogP contribution in [-0.4, -0.2) is 42.3 Å². The van der Waals surface area contributed by atoms with E-state index in [-0.39, 0.29) is 17.6 Å².